The van der Waals surface area contributed by atoms with E-state index < -0.39 is 0 Å². The van der Waals surface area contributed by atoms with Crippen LogP contribution in [-0.4, -0.2) is 23.3 Å². The van der Waals surface area contributed by atoms with Crippen molar-refractivity contribution < 1.29 is 4.79 Å². The van der Waals surface area contributed by atoms with Gasteiger partial charge < -0.3 is 10.6 Å². The molecule has 1 aromatic carbocycles. The minimum atomic E-state index is -0.382. The van der Waals surface area contributed by atoms with Crippen LogP contribution in [0.1, 0.15) is 5.56 Å². The van der Waals surface area contributed by atoms with Gasteiger partial charge in [-0.1, -0.05) is 18.2 Å². The number of nitriles is 1. The molecule has 6 heteroatoms. The number of benzene rings is 1. The number of nitrogens with one attached hydrogen (secondary N) is 1. The first-order chi connectivity index (χ1) is 8.13. The van der Waals surface area contributed by atoms with Crippen LogP contribution in [0.2, 0.25) is 0 Å². The summed E-state index contributed by atoms with van der Waals surface area (Å²) in [7, 11) is 0. The standard InChI is InChI=1S/C11H11N5O/c12-7-16-9-4-2-1-3-8(9)5-15(11(13)14)6-10(16)17/h1-4H,5-6H2,(H3,13,14). The molecule has 0 saturated heterocycles. The SMILES string of the molecule is N#CN1C(=O)CN(C(=N)N)Cc2ccccc21. The molecular formula is C11H11N5O. The Hall–Kier alpha value is -2.55. The Balaban J connectivity index is 2.49. The molecule has 2 rings (SSSR count). The van der Waals surface area contributed by atoms with Crippen molar-refractivity contribution in [2.75, 3.05) is 11.4 Å². The first kappa shape index (κ1) is 11.0. The summed E-state index contributed by atoms with van der Waals surface area (Å²) >= 11 is 0. The lowest BCUT2D eigenvalue weighted by Crippen LogP contribution is -2.41. The summed E-state index contributed by atoms with van der Waals surface area (Å²) in [5.74, 6) is -0.555. The summed E-state index contributed by atoms with van der Waals surface area (Å²) in [6.07, 6.45) is 1.86. The number of guanidine groups is 1. The van der Waals surface area contributed by atoms with Gasteiger partial charge in [0.05, 0.1) is 5.69 Å². The molecule has 0 spiro atoms. The number of para-hydroxylation sites is 1. The monoisotopic (exact) mass is 229 g/mol. The van der Waals surface area contributed by atoms with Crippen LogP contribution in [-0.2, 0) is 11.3 Å². The largest absolute Gasteiger partial charge is 0.370 e. The van der Waals surface area contributed by atoms with Crippen LogP contribution in [0.4, 0.5) is 5.69 Å². The van der Waals surface area contributed by atoms with Gasteiger partial charge in [-0.15, -0.1) is 0 Å². The minimum Gasteiger partial charge on any atom is -0.370 e. The van der Waals surface area contributed by atoms with Gasteiger partial charge in [0.2, 0.25) is 0 Å². The summed E-state index contributed by atoms with van der Waals surface area (Å²) in [6.45, 7) is 0.299. The van der Waals surface area contributed by atoms with Crippen LogP contribution in [0.25, 0.3) is 0 Å². The number of hydrogen-bond acceptors (Lipinski definition) is 3. The van der Waals surface area contributed by atoms with Crippen molar-refractivity contribution in [2.24, 2.45) is 5.73 Å². The van der Waals surface area contributed by atoms with Gasteiger partial charge in [-0.25, -0.2) is 4.90 Å². The number of carbonyl (C=O) groups is 1. The van der Waals surface area contributed by atoms with Gasteiger partial charge in [-0.3, -0.25) is 10.2 Å². The fraction of sp³-hybridized carbons (Fsp3) is 0.182. The fourth-order valence-electron chi connectivity index (χ4n) is 1.77. The Morgan fingerprint density at radius 2 is 2.12 bits per heavy atom. The first-order valence-corrected chi connectivity index (χ1v) is 5.03. The van der Waals surface area contributed by atoms with E-state index in [0.717, 1.165) is 10.5 Å². The zero-order valence-electron chi connectivity index (χ0n) is 9.05. The highest BCUT2D eigenvalue weighted by Gasteiger charge is 2.26. The van der Waals surface area contributed by atoms with E-state index in [-0.39, 0.29) is 18.4 Å². The number of nitrogens with two attached hydrogens (primary N) is 1. The van der Waals surface area contributed by atoms with Crippen LogP contribution < -0.4 is 10.6 Å². The molecule has 1 heterocycles. The van der Waals surface area contributed by atoms with E-state index in [2.05, 4.69) is 0 Å². The van der Waals surface area contributed by atoms with Crippen molar-refractivity contribution in [3.8, 4) is 6.19 Å². The highest BCUT2D eigenvalue weighted by molar-refractivity contribution is 6.00. The van der Waals surface area contributed by atoms with Crippen molar-refractivity contribution in [1.29, 1.82) is 10.7 Å². The van der Waals surface area contributed by atoms with Gasteiger partial charge in [-0.2, -0.15) is 5.26 Å². The lowest BCUT2D eigenvalue weighted by atomic mass is 10.1. The molecule has 0 atom stereocenters. The number of rotatable bonds is 0. The molecule has 86 valence electrons. The molecule has 0 aromatic heterocycles. The van der Waals surface area contributed by atoms with Crippen LogP contribution in [0.5, 0.6) is 0 Å². The van der Waals surface area contributed by atoms with E-state index in [1.165, 1.54) is 4.90 Å². The van der Waals surface area contributed by atoms with Crippen LogP contribution in [0, 0.1) is 16.9 Å². The van der Waals surface area contributed by atoms with E-state index in [4.69, 9.17) is 16.4 Å². The van der Waals surface area contributed by atoms with Gasteiger partial charge in [0.1, 0.15) is 6.54 Å². The Morgan fingerprint density at radius 3 is 2.76 bits per heavy atom. The van der Waals surface area contributed by atoms with Gasteiger partial charge in [0.15, 0.2) is 12.2 Å². The predicted molar refractivity (Wildman–Crippen MR) is 61.9 cm³/mol. The topological polar surface area (TPSA) is 97.2 Å². The molecule has 0 bridgehead atoms. The second-order valence-electron chi connectivity index (χ2n) is 3.70. The predicted octanol–water partition coefficient (Wildman–Crippen LogP) is 0.210. The zero-order valence-corrected chi connectivity index (χ0v) is 9.05. The number of amides is 1. The maximum absolute atomic E-state index is 11.8. The molecule has 3 N–H and O–H groups in total. The highest BCUT2D eigenvalue weighted by atomic mass is 16.2. The van der Waals surface area contributed by atoms with E-state index in [1.807, 2.05) is 18.3 Å². The molecule has 0 unspecified atom stereocenters. The highest BCUT2D eigenvalue weighted by Crippen LogP contribution is 2.24. The van der Waals surface area contributed by atoms with Crippen LogP contribution >= 0.6 is 0 Å². The molecule has 0 radical (unpaired) electrons. The first-order valence-electron chi connectivity index (χ1n) is 5.03. The lowest BCUT2D eigenvalue weighted by Gasteiger charge is -2.18. The van der Waals surface area contributed by atoms with Crippen molar-refractivity contribution in [1.82, 2.24) is 4.90 Å². The smallest absolute Gasteiger partial charge is 0.259 e. The van der Waals surface area contributed by atoms with E-state index in [1.54, 1.807) is 12.1 Å². The van der Waals surface area contributed by atoms with Gasteiger partial charge in [0, 0.05) is 6.54 Å². The molecule has 1 aliphatic heterocycles. The van der Waals surface area contributed by atoms with E-state index in [0.29, 0.717) is 12.2 Å². The summed E-state index contributed by atoms with van der Waals surface area (Å²) in [5, 5.41) is 16.4. The summed E-state index contributed by atoms with van der Waals surface area (Å²) in [4.78, 5) is 14.3. The summed E-state index contributed by atoms with van der Waals surface area (Å²) in [5.41, 5.74) is 6.76. The van der Waals surface area contributed by atoms with Crippen LogP contribution in [0.15, 0.2) is 24.3 Å². The van der Waals surface area contributed by atoms with Crippen molar-refractivity contribution >= 4 is 17.6 Å². The molecule has 1 aliphatic rings. The molecule has 1 aromatic rings. The number of nitrogens with zero attached hydrogens (tertiary/aromatic N) is 3. The third-order valence-electron chi connectivity index (χ3n) is 2.61. The Labute approximate surface area is 98.3 Å². The van der Waals surface area contributed by atoms with Crippen molar-refractivity contribution in [3.63, 3.8) is 0 Å². The number of carbonyl (C=O) groups excluding carboxylic acids is 1. The Kier molecular flexibility index (Phi) is 2.66. The van der Waals surface area contributed by atoms with Gasteiger partial charge in [0.25, 0.3) is 5.91 Å². The third kappa shape index (κ3) is 1.90. The average molecular weight is 229 g/mol. The zero-order chi connectivity index (χ0) is 12.4. The molecule has 0 aliphatic carbocycles. The summed E-state index contributed by atoms with van der Waals surface area (Å²) in [6, 6.07) is 7.11. The van der Waals surface area contributed by atoms with E-state index >= 15 is 0 Å². The average Bonchev–Trinajstić information content (AvgIpc) is 2.44. The maximum atomic E-state index is 11.8. The molecule has 1 amide bonds. The number of anilines is 1. The second-order valence-corrected chi connectivity index (χ2v) is 3.70. The Morgan fingerprint density at radius 1 is 1.41 bits per heavy atom. The number of fused-ring (bicyclic) bond motifs is 1. The van der Waals surface area contributed by atoms with Crippen LogP contribution in [0.3, 0.4) is 0 Å². The molecule has 0 saturated carbocycles. The van der Waals surface area contributed by atoms with Crippen molar-refractivity contribution in [2.45, 2.75) is 6.54 Å². The molecule has 17 heavy (non-hydrogen) atoms. The maximum Gasteiger partial charge on any atom is 0.259 e. The van der Waals surface area contributed by atoms with Gasteiger partial charge in [-0.05, 0) is 11.6 Å². The number of hydrogen-bond donors (Lipinski definition) is 2. The quantitative estimate of drug-likeness (QED) is 0.377. The van der Waals surface area contributed by atoms with Crippen molar-refractivity contribution in [3.05, 3.63) is 29.8 Å². The fourth-order valence-corrected chi connectivity index (χ4v) is 1.77. The minimum absolute atomic E-state index is 0.0580. The molecular weight excluding hydrogens is 218 g/mol. The molecule has 0 fully saturated rings. The third-order valence-corrected chi connectivity index (χ3v) is 2.61. The molecule has 6 nitrogen and oxygen atoms in total. The Bertz CT molecular complexity index is 519. The summed E-state index contributed by atoms with van der Waals surface area (Å²) < 4.78 is 0. The van der Waals surface area contributed by atoms with E-state index in [9.17, 15) is 4.79 Å². The lowest BCUT2D eigenvalue weighted by molar-refractivity contribution is -0.118. The second kappa shape index (κ2) is 4.14. The normalized spacial score (nSPS) is 14.9. The van der Waals surface area contributed by atoms with Gasteiger partial charge >= 0.3 is 0 Å².